The van der Waals surface area contributed by atoms with Gasteiger partial charge in [0.2, 0.25) is 0 Å². The lowest BCUT2D eigenvalue weighted by molar-refractivity contribution is -0.145. The predicted molar refractivity (Wildman–Crippen MR) is 49.6 cm³/mol. The van der Waals surface area contributed by atoms with Crippen LogP contribution in [0, 0.1) is 5.41 Å². The molecule has 72 valence electrons. The summed E-state index contributed by atoms with van der Waals surface area (Å²) in [5, 5.41) is 8.72. The normalized spacial score (nSPS) is 14.2. The molecule has 0 aromatic heterocycles. The minimum Gasteiger partial charge on any atom is -0.481 e. The Morgan fingerprint density at radius 3 is 2.33 bits per heavy atom. The molecule has 0 saturated carbocycles. The molecule has 0 amide bonds. The third kappa shape index (κ3) is 3.85. The van der Waals surface area contributed by atoms with E-state index in [2.05, 4.69) is 0 Å². The number of hydrogen-bond donors (Lipinski definition) is 1. The lowest BCUT2D eigenvalue weighted by Crippen LogP contribution is -2.30. The monoisotopic (exact) mass is 192 g/mol. The van der Waals surface area contributed by atoms with Crippen molar-refractivity contribution in [2.75, 3.05) is 11.5 Å². The second-order valence-corrected chi connectivity index (χ2v) is 5.05. The summed E-state index contributed by atoms with van der Waals surface area (Å²) in [5.74, 6) is -0.0423. The lowest BCUT2D eigenvalue weighted by Gasteiger charge is -2.17. The first-order valence-corrected chi connectivity index (χ1v) is 5.47. The van der Waals surface area contributed by atoms with Crippen LogP contribution < -0.4 is 0 Å². The van der Waals surface area contributed by atoms with Crippen LogP contribution in [-0.4, -0.2) is 26.8 Å². The van der Waals surface area contributed by atoms with Gasteiger partial charge >= 0.3 is 5.97 Å². The van der Waals surface area contributed by atoms with Crippen LogP contribution in [0.1, 0.15) is 27.2 Å². The third-order valence-electron chi connectivity index (χ3n) is 1.53. The number of rotatable bonds is 5. The van der Waals surface area contributed by atoms with Crippen molar-refractivity contribution in [3.63, 3.8) is 0 Å². The highest BCUT2D eigenvalue weighted by molar-refractivity contribution is 7.85. The van der Waals surface area contributed by atoms with Crippen LogP contribution in [0.25, 0.3) is 0 Å². The second kappa shape index (κ2) is 4.60. The van der Waals surface area contributed by atoms with Crippen molar-refractivity contribution in [2.24, 2.45) is 5.41 Å². The van der Waals surface area contributed by atoms with E-state index in [1.807, 2.05) is 6.92 Å². The highest BCUT2D eigenvalue weighted by Crippen LogP contribution is 2.16. The fraction of sp³-hybridized carbons (Fsp3) is 0.875. The van der Waals surface area contributed by atoms with Crippen molar-refractivity contribution < 1.29 is 14.1 Å². The van der Waals surface area contributed by atoms with Crippen molar-refractivity contribution in [1.29, 1.82) is 0 Å². The molecule has 1 N–H and O–H groups in total. The standard InChI is InChI=1S/C8H16O3S/c1-4-5-12(11)6-8(2,3)7(9)10/h4-6H2,1-3H3,(H,9,10). The summed E-state index contributed by atoms with van der Waals surface area (Å²) in [7, 11) is -0.991. The average Bonchev–Trinajstić information content (AvgIpc) is 1.85. The summed E-state index contributed by atoms with van der Waals surface area (Å²) in [6.45, 7) is 5.14. The van der Waals surface area contributed by atoms with Crippen molar-refractivity contribution in [3.05, 3.63) is 0 Å². The summed E-state index contributed by atoms with van der Waals surface area (Å²) in [6.07, 6.45) is 0.836. The summed E-state index contributed by atoms with van der Waals surface area (Å²) in [6, 6.07) is 0. The van der Waals surface area contributed by atoms with E-state index in [0.29, 0.717) is 5.75 Å². The van der Waals surface area contributed by atoms with Gasteiger partial charge in [0.1, 0.15) is 0 Å². The van der Waals surface area contributed by atoms with Gasteiger partial charge in [0.15, 0.2) is 0 Å². The zero-order chi connectivity index (χ0) is 9.78. The Hall–Kier alpha value is -0.380. The van der Waals surface area contributed by atoms with Crippen LogP contribution in [0.15, 0.2) is 0 Å². The molecule has 0 aromatic carbocycles. The van der Waals surface area contributed by atoms with Crippen LogP contribution in [0.3, 0.4) is 0 Å². The van der Waals surface area contributed by atoms with Crippen molar-refractivity contribution in [2.45, 2.75) is 27.2 Å². The van der Waals surface area contributed by atoms with Gasteiger partial charge in [-0.25, -0.2) is 0 Å². The van der Waals surface area contributed by atoms with E-state index < -0.39 is 22.2 Å². The van der Waals surface area contributed by atoms with Gasteiger partial charge < -0.3 is 5.11 Å². The topological polar surface area (TPSA) is 54.4 Å². The zero-order valence-electron chi connectivity index (χ0n) is 7.79. The molecule has 0 aromatic rings. The van der Waals surface area contributed by atoms with E-state index in [1.165, 1.54) is 0 Å². The Morgan fingerprint density at radius 1 is 1.50 bits per heavy atom. The van der Waals surface area contributed by atoms with Gasteiger partial charge in [-0.05, 0) is 20.3 Å². The smallest absolute Gasteiger partial charge is 0.310 e. The average molecular weight is 192 g/mol. The highest BCUT2D eigenvalue weighted by Gasteiger charge is 2.28. The molecule has 0 spiro atoms. The van der Waals surface area contributed by atoms with Crippen LogP contribution in [0.5, 0.6) is 0 Å². The number of hydrogen-bond acceptors (Lipinski definition) is 2. The molecule has 0 radical (unpaired) electrons. The first-order chi connectivity index (χ1) is 5.40. The summed E-state index contributed by atoms with van der Waals surface area (Å²) >= 11 is 0. The maximum atomic E-state index is 11.2. The Kier molecular flexibility index (Phi) is 4.45. The quantitative estimate of drug-likeness (QED) is 0.713. The van der Waals surface area contributed by atoms with Gasteiger partial charge in [-0.15, -0.1) is 0 Å². The van der Waals surface area contributed by atoms with E-state index in [-0.39, 0.29) is 5.75 Å². The van der Waals surface area contributed by atoms with Crippen LogP contribution in [0.2, 0.25) is 0 Å². The number of carbonyl (C=O) groups is 1. The summed E-state index contributed by atoms with van der Waals surface area (Å²) < 4.78 is 11.2. The molecule has 0 aliphatic carbocycles. The molecule has 0 heterocycles. The van der Waals surface area contributed by atoms with E-state index in [0.717, 1.165) is 6.42 Å². The first-order valence-electron chi connectivity index (χ1n) is 3.98. The van der Waals surface area contributed by atoms with E-state index >= 15 is 0 Å². The van der Waals surface area contributed by atoms with Gasteiger partial charge in [0, 0.05) is 22.3 Å². The molecule has 0 saturated heterocycles. The van der Waals surface area contributed by atoms with Gasteiger partial charge in [0.05, 0.1) is 5.41 Å². The van der Waals surface area contributed by atoms with Crippen molar-refractivity contribution in [3.8, 4) is 0 Å². The predicted octanol–water partition coefficient (Wildman–Crippen LogP) is 1.26. The SMILES string of the molecule is CCCS(=O)CC(C)(C)C(=O)O. The second-order valence-electron chi connectivity index (χ2n) is 3.48. The maximum absolute atomic E-state index is 11.2. The molecule has 4 heteroatoms. The molecule has 0 aliphatic rings. The first kappa shape index (κ1) is 11.6. The maximum Gasteiger partial charge on any atom is 0.310 e. The molecule has 0 rings (SSSR count). The molecule has 0 aliphatic heterocycles. The number of carboxylic acid groups (broad SMARTS) is 1. The summed E-state index contributed by atoms with van der Waals surface area (Å²) in [4.78, 5) is 10.6. The Bertz CT molecular complexity index is 187. The van der Waals surface area contributed by atoms with Gasteiger partial charge in [0.25, 0.3) is 0 Å². The van der Waals surface area contributed by atoms with E-state index in [1.54, 1.807) is 13.8 Å². The Labute approximate surface area is 75.6 Å². The Balaban J connectivity index is 4.06. The van der Waals surface area contributed by atoms with Gasteiger partial charge in [-0.1, -0.05) is 6.92 Å². The van der Waals surface area contributed by atoms with Crippen LogP contribution in [0.4, 0.5) is 0 Å². The molecule has 3 nitrogen and oxygen atoms in total. The Morgan fingerprint density at radius 2 is 2.00 bits per heavy atom. The number of aliphatic carboxylic acids is 1. The summed E-state index contributed by atoms with van der Waals surface area (Å²) in [5.41, 5.74) is -0.861. The fourth-order valence-corrected chi connectivity index (χ4v) is 2.29. The van der Waals surface area contributed by atoms with Gasteiger partial charge in [-0.3, -0.25) is 9.00 Å². The highest BCUT2D eigenvalue weighted by atomic mass is 32.2. The fourth-order valence-electron chi connectivity index (χ4n) is 0.764. The lowest BCUT2D eigenvalue weighted by atomic mass is 9.97. The van der Waals surface area contributed by atoms with E-state index in [9.17, 15) is 9.00 Å². The minimum absolute atomic E-state index is 0.246. The number of carboxylic acids is 1. The largest absolute Gasteiger partial charge is 0.481 e. The van der Waals surface area contributed by atoms with E-state index in [4.69, 9.17) is 5.11 Å². The third-order valence-corrected chi connectivity index (χ3v) is 3.44. The molecule has 12 heavy (non-hydrogen) atoms. The zero-order valence-corrected chi connectivity index (χ0v) is 8.61. The minimum atomic E-state index is -0.991. The molecule has 1 unspecified atom stereocenters. The van der Waals surface area contributed by atoms with Crippen LogP contribution >= 0.6 is 0 Å². The molecule has 1 atom stereocenters. The molecule has 0 fully saturated rings. The van der Waals surface area contributed by atoms with Crippen molar-refractivity contribution >= 4 is 16.8 Å². The molecular weight excluding hydrogens is 176 g/mol. The molecular formula is C8H16O3S. The van der Waals surface area contributed by atoms with Crippen LogP contribution in [-0.2, 0) is 15.6 Å². The van der Waals surface area contributed by atoms with Crippen molar-refractivity contribution in [1.82, 2.24) is 0 Å². The van der Waals surface area contributed by atoms with Gasteiger partial charge in [-0.2, -0.15) is 0 Å². The molecule has 0 bridgehead atoms.